The monoisotopic (exact) mass is 324 g/mol. The van der Waals surface area contributed by atoms with Crippen molar-refractivity contribution in [2.75, 3.05) is 16.5 Å². The van der Waals surface area contributed by atoms with Crippen molar-refractivity contribution in [1.82, 2.24) is 9.66 Å². The molecular weight excluding hydrogens is 312 g/mol. The summed E-state index contributed by atoms with van der Waals surface area (Å²) in [7, 11) is 0. The van der Waals surface area contributed by atoms with Crippen LogP contribution in [0.5, 0.6) is 0 Å². The van der Waals surface area contributed by atoms with Crippen LogP contribution in [0.3, 0.4) is 0 Å². The highest BCUT2D eigenvalue weighted by Crippen LogP contribution is 2.32. The lowest BCUT2D eigenvalue weighted by Gasteiger charge is -2.17. The third-order valence-electron chi connectivity index (χ3n) is 3.55. The first-order valence-corrected chi connectivity index (χ1v) is 7.99. The summed E-state index contributed by atoms with van der Waals surface area (Å²) in [6.45, 7) is 0. The van der Waals surface area contributed by atoms with E-state index < -0.39 is 0 Å². The SMILES string of the molecule is O=C1CSc2ccc(C(=O)Nn3cnc4ccccc43)cc2N1. The van der Waals surface area contributed by atoms with Crippen LogP contribution in [0.2, 0.25) is 0 Å². The van der Waals surface area contributed by atoms with Crippen LogP contribution >= 0.6 is 11.8 Å². The lowest BCUT2D eigenvalue weighted by Crippen LogP contribution is -2.23. The van der Waals surface area contributed by atoms with E-state index in [0.717, 1.165) is 15.9 Å². The molecule has 0 spiro atoms. The number of nitrogens with one attached hydrogen (secondary N) is 2. The number of para-hydroxylation sites is 2. The summed E-state index contributed by atoms with van der Waals surface area (Å²) in [6, 6.07) is 12.8. The Morgan fingerprint density at radius 3 is 3.04 bits per heavy atom. The van der Waals surface area contributed by atoms with Gasteiger partial charge in [-0.3, -0.25) is 15.0 Å². The molecule has 7 heteroatoms. The molecule has 1 aliphatic rings. The first-order chi connectivity index (χ1) is 11.2. The predicted octanol–water partition coefficient (Wildman–Crippen LogP) is 2.46. The van der Waals surface area contributed by atoms with E-state index in [9.17, 15) is 9.59 Å². The molecule has 2 amide bonds. The summed E-state index contributed by atoms with van der Waals surface area (Å²) in [5.74, 6) is 0.0842. The molecule has 0 saturated carbocycles. The number of carbonyl (C=O) groups is 2. The maximum Gasteiger partial charge on any atom is 0.270 e. The second-order valence-electron chi connectivity index (χ2n) is 5.09. The van der Waals surface area contributed by atoms with E-state index in [2.05, 4.69) is 15.7 Å². The summed E-state index contributed by atoms with van der Waals surface area (Å²) < 4.78 is 1.59. The number of amides is 2. The van der Waals surface area contributed by atoms with E-state index >= 15 is 0 Å². The van der Waals surface area contributed by atoms with Crippen LogP contribution in [0.25, 0.3) is 11.0 Å². The normalized spacial score (nSPS) is 13.5. The topological polar surface area (TPSA) is 76.0 Å². The maximum absolute atomic E-state index is 12.4. The van der Waals surface area contributed by atoms with Gasteiger partial charge in [0.2, 0.25) is 5.91 Å². The average Bonchev–Trinajstić information content (AvgIpc) is 2.97. The number of imidazole rings is 1. The molecule has 4 rings (SSSR count). The van der Waals surface area contributed by atoms with Crippen LogP contribution in [-0.2, 0) is 4.79 Å². The summed E-state index contributed by atoms with van der Waals surface area (Å²) in [5, 5.41) is 2.78. The number of carbonyl (C=O) groups excluding carboxylic acids is 2. The number of anilines is 1. The fourth-order valence-electron chi connectivity index (χ4n) is 2.45. The molecule has 0 fully saturated rings. The number of aromatic nitrogens is 2. The largest absolute Gasteiger partial charge is 0.324 e. The highest BCUT2D eigenvalue weighted by atomic mass is 32.2. The van der Waals surface area contributed by atoms with Crippen LogP contribution in [0.15, 0.2) is 53.7 Å². The van der Waals surface area contributed by atoms with Crippen LogP contribution in [0, 0.1) is 0 Å². The molecule has 0 unspecified atom stereocenters. The summed E-state index contributed by atoms with van der Waals surface area (Å²) >= 11 is 1.47. The highest BCUT2D eigenvalue weighted by molar-refractivity contribution is 8.00. The molecule has 6 nitrogen and oxygen atoms in total. The number of thioether (sulfide) groups is 1. The minimum Gasteiger partial charge on any atom is -0.324 e. The zero-order chi connectivity index (χ0) is 15.8. The summed E-state index contributed by atoms with van der Waals surface area (Å²) in [5.41, 5.74) is 5.58. The van der Waals surface area contributed by atoms with Gasteiger partial charge in [0.25, 0.3) is 5.91 Å². The molecule has 1 aromatic heterocycles. The molecular formula is C16H12N4O2S. The molecule has 1 aliphatic heterocycles. The zero-order valence-electron chi connectivity index (χ0n) is 11.9. The van der Waals surface area contributed by atoms with E-state index in [4.69, 9.17) is 0 Å². The number of benzene rings is 2. The number of hydrogen-bond donors (Lipinski definition) is 2. The molecule has 114 valence electrons. The van der Waals surface area contributed by atoms with Gasteiger partial charge in [-0.05, 0) is 30.3 Å². The van der Waals surface area contributed by atoms with Crippen LogP contribution in [-0.4, -0.2) is 27.2 Å². The Labute approximate surface area is 135 Å². The van der Waals surface area contributed by atoms with Crippen molar-refractivity contribution in [1.29, 1.82) is 0 Å². The van der Waals surface area contributed by atoms with Gasteiger partial charge >= 0.3 is 0 Å². The molecule has 0 atom stereocenters. The second kappa shape index (κ2) is 5.44. The Morgan fingerprint density at radius 1 is 1.26 bits per heavy atom. The summed E-state index contributed by atoms with van der Waals surface area (Å²) in [4.78, 5) is 29.1. The average molecular weight is 324 g/mol. The number of nitrogens with zero attached hydrogens (tertiary/aromatic N) is 2. The predicted molar refractivity (Wildman–Crippen MR) is 89.2 cm³/mol. The fraction of sp³-hybridized carbons (Fsp3) is 0.0625. The molecule has 0 bridgehead atoms. The van der Waals surface area contributed by atoms with Crippen molar-refractivity contribution < 1.29 is 9.59 Å². The Bertz CT molecular complexity index is 935. The number of hydrogen-bond acceptors (Lipinski definition) is 4. The molecule has 0 radical (unpaired) electrons. The lowest BCUT2D eigenvalue weighted by molar-refractivity contribution is -0.113. The van der Waals surface area contributed by atoms with Crippen molar-refractivity contribution in [2.45, 2.75) is 4.90 Å². The molecule has 3 aromatic rings. The van der Waals surface area contributed by atoms with Crippen LogP contribution in [0.1, 0.15) is 10.4 Å². The van der Waals surface area contributed by atoms with Crippen LogP contribution in [0.4, 0.5) is 5.69 Å². The zero-order valence-corrected chi connectivity index (χ0v) is 12.8. The van der Waals surface area contributed by atoms with Gasteiger partial charge in [-0.2, -0.15) is 0 Å². The molecule has 0 saturated heterocycles. The van der Waals surface area contributed by atoms with E-state index in [1.807, 2.05) is 30.3 Å². The lowest BCUT2D eigenvalue weighted by atomic mass is 10.2. The first kappa shape index (κ1) is 13.8. The third-order valence-corrected chi connectivity index (χ3v) is 4.62. The fourth-order valence-corrected chi connectivity index (χ4v) is 3.24. The summed E-state index contributed by atoms with van der Waals surface area (Å²) in [6.07, 6.45) is 1.57. The van der Waals surface area contributed by atoms with Crippen molar-refractivity contribution in [3.05, 3.63) is 54.4 Å². The van der Waals surface area contributed by atoms with Gasteiger partial charge in [0.1, 0.15) is 6.33 Å². The van der Waals surface area contributed by atoms with Crippen molar-refractivity contribution in [3.8, 4) is 0 Å². The molecule has 0 aliphatic carbocycles. The Morgan fingerprint density at radius 2 is 2.13 bits per heavy atom. The van der Waals surface area contributed by atoms with Gasteiger partial charge in [0.15, 0.2) is 0 Å². The van der Waals surface area contributed by atoms with Gasteiger partial charge in [0, 0.05) is 10.5 Å². The number of fused-ring (bicyclic) bond motifs is 2. The van der Waals surface area contributed by atoms with Gasteiger partial charge in [-0.25, -0.2) is 9.66 Å². The minimum absolute atomic E-state index is 0.0549. The quantitative estimate of drug-likeness (QED) is 0.759. The molecule has 2 N–H and O–H groups in total. The third kappa shape index (κ3) is 2.55. The van der Waals surface area contributed by atoms with Gasteiger partial charge < -0.3 is 5.32 Å². The van der Waals surface area contributed by atoms with Gasteiger partial charge in [-0.15, -0.1) is 11.8 Å². The van der Waals surface area contributed by atoms with Crippen molar-refractivity contribution in [3.63, 3.8) is 0 Å². The molecule has 23 heavy (non-hydrogen) atoms. The Hall–Kier alpha value is -2.80. The smallest absolute Gasteiger partial charge is 0.270 e. The van der Waals surface area contributed by atoms with Crippen molar-refractivity contribution >= 4 is 40.3 Å². The minimum atomic E-state index is -0.263. The van der Waals surface area contributed by atoms with E-state index in [0.29, 0.717) is 17.0 Å². The van der Waals surface area contributed by atoms with Gasteiger partial charge in [0.05, 0.1) is 22.5 Å². The van der Waals surface area contributed by atoms with Gasteiger partial charge in [-0.1, -0.05) is 12.1 Å². The standard InChI is InChI=1S/C16H12N4O2S/c21-15-8-23-14-6-5-10(7-12(14)18-15)16(22)19-20-9-17-11-3-1-2-4-13(11)20/h1-7,9H,8H2,(H,18,21)(H,19,22). The van der Waals surface area contributed by atoms with E-state index in [-0.39, 0.29) is 11.8 Å². The van der Waals surface area contributed by atoms with E-state index in [1.54, 1.807) is 23.1 Å². The first-order valence-electron chi connectivity index (χ1n) is 7.01. The Kier molecular flexibility index (Phi) is 3.27. The second-order valence-corrected chi connectivity index (χ2v) is 6.11. The highest BCUT2D eigenvalue weighted by Gasteiger charge is 2.17. The molecule has 2 heterocycles. The maximum atomic E-state index is 12.4. The van der Waals surface area contributed by atoms with Crippen LogP contribution < -0.4 is 10.7 Å². The molecule has 2 aromatic carbocycles. The number of rotatable bonds is 2. The Balaban J connectivity index is 1.62. The van der Waals surface area contributed by atoms with Crippen molar-refractivity contribution in [2.24, 2.45) is 0 Å². The van der Waals surface area contributed by atoms with E-state index in [1.165, 1.54) is 11.8 Å².